The summed E-state index contributed by atoms with van der Waals surface area (Å²) in [6, 6.07) is -0.0893. The fraction of sp³-hybridized carbons (Fsp3) is 0.769. The lowest BCUT2D eigenvalue weighted by molar-refractivity contribution is -0.122. The average molecular weight is 265 g/mol. The van der Waals surface area contributed by atoms with Gasteiger partial charge >= 0.3 is 0 Å². The van der Waals surface area contributed by atoms with Gasteiger partial charge in [-0.15, -0.1) is 10.2 Å². The fourth-order valence-corrected chi connectivity index (χ4v) is 2.49. The van der Waals surface area contributed by atoms with Crippen LogP contribution in [0.5, 0.6) is 0 Å². The lowest BCUT2D eigenvalue weighted by Gasteiger charge is -2.16. The Bertz CT molecular complexity index is 411. The quantitative estimate of drug-likeness (QED) is 0.832. The number of carbonyl (C=O) groups excluding carboxylic acids is 1. The Morgan fingerprint density at radius 2 is 2.21 bits per heavy atom. The minimum atomic E-state index is -0.0893. The number of nitrogens with zero attached hydrogens (tertiary/aromatic N) is 4. The third kappa shape index (κ3) is 3.76. The molecule has 1 fully saturated rings. The van der Waals surface area contributed by atoms with Crippen LogP contribution in [-0.2, 0) is 11.3 Å². The number of hydrogen-bond acceptors (Lipinski definition) is 4. The van der Waals surface area contributed by atoms with Crippen LogP contribution in [0.25, 0.3) is 0 Å². The highest BCUT2D eigenvalue weighted by Crippen LogP contribution is 2.10. The van der Waals surface area contributed by atoms with E-state index in [9.17, 15) is 4.79 Å². The van der Waals surface area contributed by atoms with E-state index in [4.69, 9.17) is 0 Å². The van der Waals surface area contributed by atoms with E-state index in [1.54, 1.807) is 6.33 Å². The number of rotatable bonds is 6. The molecular formula is C13H23N5O. The number of carbonyl (C=O) groups is 1. The number of aromatic nitrogens is 3. The number of aryl methyl sites for hydroxylation is 1. The molecule has 0 bridgehead atoms. The summed E-state index contributed by atoms with van der Waals surface area (Å²) < 4.78 is 1.95. The highest BCUT2D eigenvalue weighted by molar-refractivity contribution is 5.76. The molecule has 6 nitrogen and oxygen atoms in total. The highest BCUT2D eigenvalue weighted by atomic mass is 16.1. The van der Waals surface area contributed by atoms with Crippen molar-refractivity contribution in [2.45, 2.75) is 45.7 Å². The van der Waals surface area contributed by atoms with E-state index in [0.717, 1.165) is 32.0 Å². The summed E-state index contributed by atoms with van der Waals surface area (Å²) >= 11 is 0. The van der Waals surface area contributed by atoms with Crippen molar-refractivity contribution in [1.29, 1.82) is 0 Å². The predicted octanol–water partition coefficient (Wildman–Crippen LogP) is 0.961. The molecule has 0 radical (unpaired) electrons. The van der Waals surface area contributed by atoms with Crippen molar-refractivity contribution >= 4 is 5.91 Å². The molecule has 1 atom stereocenters. The normalized spacial score (nSPS) is 17.6. The summed E-state index contributed by atoms with van der Waals surface area (Å²) in [5.74, 6) is 0.905. The molecule has 2 rings (SSSR count). The third-order valence-corrected chi connectivity index (χ3v) is 3.60. The Labute approximate surface area is 114 Å². The monoisotopic (exact) mass is 265 g/mol. The van der Waals surface area contributed by atoms with Crippen molar-refractivity contribution in [3.63, 3.8) is 0 Å². The van der Waals surface area contributed by atoms with Gasteiger partial charge in [0, 0.05) is 19.5 Å². The Balaban J connectivity index is 1.78. The molecule has 19 heavy (non-hydrogen) atoms. The lowest BCUT2D eigenvalue weighted by atomic mass is 10.3. The van der Waals surface area contributed by atoms with E-state index >= 15 is 0 Å². The standard InChI is InChI=1S/C13H23N5O/c1-3-18-10-14-16-13(18)11(2)15-12(19)6-9-17-7-4-5-8-17/h10-11H,3-9H2,1-2H3,(H,15,19)/t11-/m0/s1. The number of amides is 1. The van der Waals surface area contributed by atoms with Crippen LogP contribution in [0.15, 0.2) is 6.33 Å². The fourth-order valence-electron chi connectivity index (χ4n) is 2.49. The average Bonchev–Trinajstić information content (AvgIpc) is 3.07. The summed E-state index contributed by atoms with van der Waals surface area (Å²) in [7, 11) is 0. The Morgan fingerprint density at radius 3 is 2.89 bits per heavy atom. The molecule has 1 aromatic heterocycles. The Hall–Kier alpha value is -1.43. The van der Waals surface area contributed by atoms with Crippen LogP contribution < -0.4 is 5.32 Å². The molecule has 0 spiro atoms. The first kappa shape index (κ1) is 14.0. The maximum Gasteiger partial charge on any atom is 0.221 e. The second kappa shape index (κ2) is 6.65. The molecule has 0 saturated carbocycles. The van der Waals surface area contributed by atoms with Crippen LogP contribution >= 0.6 is 0 Å². The van der Waals surface area contributed by atoms with Gasteiger partial charge in [0.05, 0.1) is 6.04 Å². The molecule has 1 aliphatic heterocycles. The van der Waals surface area contributed by atoms with Crippen LogP contribution in [0.2, 0.25) is 0 Å². The number of hydrogen-bond donors (Lipinski definition) is 1. The van der Waals surface area contributed by atoms with E-state index in [-0.39, 0.29) is 11.9 Å². The Kier molecular flexibility index (Phi) is 4.90. The second-order valence-electron chi connectivity index (χ2n) is 5.06. The molecule has 1 aromatic rings. The molecule has 1 saturated heterocycles. The van der Waals surface area contributed by atoms with Gasteiger partial charge in [-0.25, -0.2) is 0 Å². The van der Waals surface area contributed by atoms with Gasteiger partial charge in [-0.3, -0.25) is 4.79 Å². The van der Waals surface area contributed by atoms with Gasteiger partial charge in [-0.2, -0.15) is 0 Å². The molecule has 1 aliphatic rings. The highest BCUT2D eigenvalue weighted by Gasteiger charge is 2.17. The molecule has 1 N–H and O–H groups in total. The first-order valence-corrected chi connectivity index (χ1v) is 7.10. The van der Waals surface area contributed by atoms with Crippen LogP contribution in [0.1, 0.15) is 45.0 Å². The van der Waals surface area contributed by atoms with E-state index < -0.39 is 0 Å². The van der Waals surface area contributed by atoms with E-state index in [1.165, 1.54) is 12.8 Å². The van der Waals surface area contributed by atoms with Crippen molar-refractivity contribution in [2.24, 2.45) is 0 Å². The van der Waals surface area contributed by atoms with Crippen molar-refractivity contribution in [1.82, 2.24) is 25.0 Å². The topological polar surface area (TPSA) is 63.1 Å². The second-order valence-corrected chi connectivity index (χ2v) is 5.06. The Morgan fingerprint density at radius 1 is 1.47 bits per heavy atom. The number of nitrogens with one attached hydrogen (secondary N) is 1. The maximum absolute atomic E-state index is 11.9. The summed E-state index contributed by atoms with van der Waals surface area (Å²) in [5.41, 5.74) is 0. The molecule has 0 aliphatic carbocycles. The van der Waals surface area contributed by atoms with Gasteiger partial charge in [-0.1, -0.05) is 0 Å². The van der Waals surface area contributed by atoms with Crippen LogP contribution in [-0.4, -0.2) is 45.2 Å². The first-order valence-electron chi connectivity index (χ1n) is 7.10. The molecule has 1 amide bonds. The van der Waals surface area contributed by atoms with Crippen molar-refractivity contribution in [2.75, 3.05) is 19.6 Å². The van der Waals surface area contributed by atoms with E-state index in [2.05, 4.69) is 20.4 Å². The summed E-state index contributed by atoms with van der Waals surface area (Å²) in [6.07, 6.45) is 4.78. The molecule has 106 valence electrons. The van der Waals surface area contributed by atoms with Gasteiger partial charge in [0.2, 0.25) is 5.91 Å². The van der Waals surface area contributed by atoms with Gasteiger partial charge in [0.1, 0.15) is 6.33 Å². The smallest absolute Gasteiger partial charge is 0.221 e. The van der Waals surface area contributed by atoms with Crippen LogP contribution in [0.3, 0.4) is 0 Å². The zero-order chi connectivity index (χ0) is 13.7. The minimum Gasteiger partial charge on any atom is -0.346 e. The molecule has 0 unspecified atom stereocenters. The lowest BCUT2D eigenvalue weighted by Crippen LogP contribution is -2.32. The SMILES string of the molecule is CCn1cnnc1[C@H](C)NC(=O)CCN1CCCC1. The van der Waals surface area contributed by atoms with Gasteiger partial charge < -0.3 is 14.8 Å². The zero-order valence-corrected chi connectivity index (χ0v) is 11.8. The largest absolute Gasteiger partial charge is 0.346 e. The zero-order valence-electron chi connectivity index (χ0n) is 11.8. The summed E-state index contributed by atoms with van der Waals surface area (Å²) in [6.45, 7) is 7.92. The molecule has 2 heterocycles. The summed E-state index contributed by atoms with van der Waals surface area (Å²) in [5, 5.41) is 10.9. The number of likely N-dealkylation sites (tertiary alicyclic amines) is 1. The first-order chi connectivity index (χ1) is 9.20. The van der Waals surface area contributed by atoms with Crippen molar-refractivity contribution in [3.05, 3.63) is 12.2 Å². The maximum atomic E-state index is 11.9. The van der Waals surface area contributed by atoms with Gasteiger partial charge in [0.25, 0.3) is 0 Å². The van der Waals surface area contributed by atoms with Gasteiger partial charge in [0.15, 0.2) is 5.82 Å². The van der Waals surface area contributed by atoms with Crippen molar-refractivity contribution in [3.8, 4) is 0 Å². The summed E-state index contributed by atoms with van der Waals surface area (Å²) in [4.78, 5) is 14.3. The predicted molar refractivity (Wildman–Crippen MR) is 72.5 cm³/mol. The van der Waals surface area contributed by atoms with Crippen molar-refractivity contribution < 1.29 is 4.79 Å². The third-order valence-electron chi connectivity index (χ3n) is 3.60. The van der Waals surface area contributed by atoms with Crippen LogP contribution in [0.4, 0.5) is 0 Å². The molecule has 0 aromatic carbocycles. The molecule has 6 heteroatoms. The van der Waals surface area contributed by atoms with E-state index in [1.807, 2.05) is 18.4 Å². The minimum absolute atomic E-state index is 0.0880. The van der Waals surface area contributed by atoms with E-state index in [0.29, 0.717) is 6.42 Å². The van der Waals surface area contributed by atoms with Gasteiger partial charge in [-0.05, 0) is 39.8 Å². The van der Waals surface area contributed by atoms with Crippen LogP contribution in [0, 0.1) is 0 Å². The molecular weight excluding hydrogens is 242 g/mol.